The third-order valence-corrected chi connectivity index (χ3v) is 15.6. The molecular formula is C40H74. The molecule has 4 fully saturated rings. The molecule has 7 atom stereocenters. The quantitative estimate of drug-likeness (QED) is 0.293. The molecule has 40 heavy (non-hydrogen) atoms. The molecule has 4 rings (SSSR count). The summed E-state index contributed by atoms with van der Waals surface area (Å²) in [6.07, 6.45) is 22.4. The van der Waals surface area contributed by atoms with Crippen LogP contribution in [0.2, 0.25) is 0 Å². The summed E-state index contributed by atoms with van der Waals surface area (Å²) >= 11 is 0. The maximum atomic E-state index is 2.77. The largest absolute Gasteiger partial charge is 0.0625 e. The van der Waals surface area contributed by atoms with Gasteiger partial charge in [0.2, 0.25) is 0 Å². The Hall–Kier alpha value is 0. The maximum Gasteiger partial charge on any atom is -0.0143 e. The summed E-state index contributed by atoms with van der Waals surface area (Å²) in [5.41, 5.74) is 2.35. The van der Waals surface area contributed by atoms with Crippen LogP contribution >= 0.6 is 0 Å². The van der Waals surface area contributed by atoms with Gasteiger partial charge in [-0.15, -0.1) is 0 Å². The topological polar surface area (TPSA) is 0 Å². The van der Waals surface area contributed by atoms with Gasteiger partial charge in [-0.2, -0.15) is 0 Å². The Balaban J connectivity index is 2.15. The zero-order valence-corrected chi connectivity index (χ0v) is 29.7. The van der Waals surface area contributed by atoms with Crippen molar-refractivity contribution in [2.45, 2.75) is 179 Å². The van der Waals surface area contributed by atoms with Crippen molar-refractivity contribution in [3.05, 3.63) is 0 Å². The molecule has 4 aliphatic carbocycles. The average Bonchev–Trinajstić information content (AvgIpc) is 2.88. The van der Waals surface area contributed by atoms with Crippen molar-refractivity contribution in [1.29, 1.82) is 0 Å². The average molecular weight is 555 g/mol. The minimum absolute atomic E-state index is 0.453. The van der Waals surface area contributed by atoms with Gasteiger partial charge in [0, 0.05) is 0 Å². The lowest BCUT2D eigenvalue weighted by atomic mass is 9.27. The molecule has 0 nitrogen and oxygen atoms in total. The van der Waals surface area contributed by atoms with E-state index in [1.54, 1.807) is 0 Å². The van der Waals surface area contributed by atoms with Gasteiger partial charge in [-0.1, -0.05) is 122 Å². The fraction of sp³-hybridized carbons (Fsp3) is 1.00. The Kier molecular flexibility index (Phi) is 9.73. The highest BCUT2D eigenvalue weighted by Gasteiger charge is 2.74. The van der Waals surface area contributed by atoms with Crippen molar-refractivity contribution in [3.8, 4) is 0 Å². The number of rotatable bonds is 7. The van der Waals surface area contributed by atoms with Gasteiger partial charge in [-0.05, 0) is 132 Å². The van der Waals surface area contributed by atoms with Crippen LogP contribution in [0.3, 0.4) is 0 Å². The fourth-order valence-corrected chi connectivity index (χ4v) is 13.3. The van der Waals surface area contributed by atoms with E-state index in [9.17, 15) is 0 Å². The van der Waals surface area contributed by atoms with Crippen molar-refractivity contribution in [1.82, 2.24) is 0 Å². The molecule has 7 unspecified atom stereocenters. The summed E-state index contributed by atoms with van der Waals surface area (Å²) in [6.45, 7) is 32.0. The molecule has 0 aromatic carbocycles. The van der Waals surface area contributed by atoms with Crippen molar-refractivity contribution in [2.75, 3.05) is 0 Å². The number of hydrogen-bond donors (Lipinski definition) is 0. The van der Waals surface area contributed by atoms with Crippen LogP contribution in [0.5, 0.6) is 0 Å². The van der Waals surface area contributed by atoms with Crippen LogP contribution in [0, 0.1) is 74.4 Å². The lowest BCUT2D eigenvalue weighted by Crippen LogP contribution is -2.70. The normalized spacial score (nSPS) is 47.4. The van der Waals surface area contributed by atoms with E-state index in [2.05, 4.69) is 83.1 Å². The molecule has 234 valence electrons. The Morgan fingerprint density at radius 3 is 1.65 bits per heavy atom. The second-order valence-electron chi connectivity index (χ2n) is 18.6. The highest BCUT2D eigenvalue weighted by atomic mass is 14.8. The van der Waals surface area contributed by atoms with Crippen LogP contribution < -0.4 is 0 Å². The van der Waals surface area contributed by atoms with Crippen molar-refractivity contribution >= 4 is 0 Å². The standard InChI is InChI=1S/C40H74/c1-28(2)35-17-16-34(11)26-40(35,37(30(5)6)23-18-32(9)19-24-37)39(22-14-20-36(12,27-39)29(3)4)38(31(7)8)21-13-15-33(10)25-38/h28-35H,13-27H2,1-12H3. The van der Waals surface area contributed by atoms with Gasteiger partial charge in [0.05, 0.1) is 0 Å². The van der Waals surface area contributed by atoms with E-state index in [0.29, 0.717) is 27.1 Å². The van der Waals surface area contributed by atoms with Gasteiger partial charge in [-0.25, -0.2) is 0 Å². The van der Waals surface area contributed by atoms with Gasteiger partial charge < -0.3 is 0 Å². The minimum atomic E-state index is 0.453. The molecular weight excluding hydrogens is 480 g/mol. The molecule has 0 aromatic rings. The molecule has 0 N–H and O–H groups in total. The predicted octanol–water partition coefficient (Wildman–Crippen LogP) is 13.0. The zero-order valence-electron chi connectivity index (χ0n) is 29.7. The summed E-state index contributed by atoms with van der Waals surface area (Å²) in [6, 6.07) is 0. The highest BCUT2D eigenvalue weighted by molar-refractivity contribution is 5.22. The Bertz CT molecular complexity index is 825. The summed E-state index contributed by atoms with van der Waals surface area (Å²) in [5.74, 6) is 6.67. The van der Waals surface area contributed by atoms with Gasteiger partial charge in [0.1, 0.15) is 0 Å². The van der Waals surface area contributed by atoms with Gasteiger partial charge >= 0.3 is 0 Å². The van der Waals surface area contributed by atoms with Crippen molar-refractivity contribution in [2.24, 2.45) is 74.4 Å². The first-order valence-corrected chi connectivity index (χ1v) is 18.6. The molecule has 0 aromatic heterocycles. The van der Waals surface area contributed by atoms with Crippen LogP contribution in [0.1, 0.15) is 179 Å². The van der Waals surface area contributed by atoms with Gasteiger partial charge in [0.15, 0.2) is 0 Å². The third kappa shape index (κ3) is 4.90. The van der Waals surface area contributed by atoms with E-state index in [1.165, 1.54) is 96.3 Å². The summed E-state index contributed by atoms with van der Waals surface area (Å²) in [7, 11) is 0. The molecule has 0 heteroatoms. The van der Waals surface area contributed by atoms with E-state index in [4.69, 9.17) is 0 Å². The SMILES string of the molecule is CC1CCC(C(C)C)(C2(C3(C4(C(C)C)CCCC(C)C4)CCCC(C)(C(C)C)C3)CC(C)CCC2C(C)C)CC1. The molecule has 0 amide bonds. The minimum Gasteiger partial charge on any atom is -0.0625 e. The van der Waals surface area contributed by atoms with E-state index < -0.39 is 0 Å². The molecule has 4 aliphatic rings. The maximum absolute atomic E-state index is 2.77. The first kappa shape index (κ1) is 32.9. The van der Waals surface area contributed by atoms with Gasteiger partial charge in [-0.3, -0.25) is 0 Å². The lowest BCUT2D eigenvalue weighted by Gasteiger charge is -2.77. The summed E-state index contributed by atoms with van der Waals surface area (Å²) in [5, 5.41) is 0. The Labute approximate surface area is 253 Å². The van der Waals surface area contributed by atoms with Crippen LogP contribution in [-0.4, -0.2) is 0 Å². The highest BCUT2D eigenvalue weighted by Crippen LogP contribution is 2.81. The van der Waals surface area contributed by atoms with Crippen LogP contribution in [-0.2, 0) is 0 Å². The van der Waals surface area contributed by atoms with E-state index >= 15 is 0 Å². The molecule has 0 saturated heterocycles. The molecule has 0 spiro atoms. The molecule has 0 bridgehead atoms. The number of hydrogen-bond acceptors (Lipinski definition) is 0. The zero-order chi connectivity index (χ0) is 29.7. The second kappa shape index (κ2) is 11.8. The fourth-order valence-electron chi connectivity index (χ4n) is 13.3. The Morgan fingerprint density at radius 1 is 0.525 bits per heavy atom. The van der Waals surface area contributed by atoms with E-state index in [1.807, 2.05) is 0 Å². The van der Waals surface area contributed by atoms with Crippen LogP contribution in [0.25, 0.3) is 0 Å². The molecule has 0 radical (unpaired) electrons. The first-order chi connectivity index (χ1) is 18.6. The molecule has 0 heterocycles. The van der Waals surface area contributed by atoms with E-state index in [-0.39, 0.29) is 0 Å². The van der Waals surface area contributed by atoms with Crippen LogP contribution in [0.4, 0.5) is 0 Å². The lowest BCUT2D eigenvalue weighted by molar-refractivity contribution is -0.291. The van der Waals surface area contributed by atoms with Crippen molar-refractivity contribution < 1.29 is 0 Å². The summed E-state index contributed by atoms with van der Waals surface area (Å²) in [4.78, 5) is 0. The monoisotopic (exact) mass is 555 g/mol. The van der Waals surface area contributed by atoms with Crippen molar-refractivity contribution in [3.63, 3.8) is 0 Å². The van der Waals surface area contributed by atoms with Gasteiger partial charge in [0.25, 0.3) is 0 Å². The second-order valence-corrected chi connectivity index (χ2v) is 18.6. The molecule has 0 aliphatic heterocycles. The van der Waals surface area contributed by atoms with E-state index in [0.717, 1.165) is 47.3 Å². The molecule has 4 saturated carbocycles. The summed E-state index contributed by atoms with van der Waals surface area (Å²) < 4.78 is 0. The smallest absolute Gasteiger partial charge is 0.0143 e. The Morgan fingerprint density at radius 2 is 1.12 bits per heavy atom. The first-order valence-electron chi connectivity index (χ1n) is 18.6. The van der Waals surface area contributed by atoms with Crippen LogP contribution in [0.15, 0.2) is 0 Å². The third-order valence-electron chi connectivity index (χ3n) is 15.6. The predicted molar refractivity (Wildman–Crippen MR) is 177 cm³/mol.